The molecule has 0 saturated carbocycles. The van der Waals surface area contributed by atoms with Crippen LogP contribution in [0.2, 0.25) is 5.02 Å². The minimum absolute atomic E-state index is 0.128. The molecule has 1 rings (SSSR count). The lowest BCUT2D eigenvalue weighted by Gasteiger charge is -2.24. The van der Waals surface area contributed by atoms with Gasteiger partial charge in [-0.2, -0.15) is 13.2 Å². The minimum atomic E-state index is -4.37. The van der Waals surface area contributed by atoms with Crippen LogP contribution in [-0.2, 0) is 0 Å². The molecule has 0 saturated heterocycles. The van der Waals surface area contributed by atoms with Gasteiger partial charge in [0.2, 0.25) is 0 Å². The molecule has 0 fully saturated rings. The van der Waals surface area contributed by atoms with E-state index >= 15 is 0 Å². The molecule has 0 atom stereocenters. The van der Waals surface area contributed by atoms with Gasteiger partial charge in [-0.3, -0.25) is 4.79 Å². The summed E-state index contributed by atoms with van der Waals surface area (Å²) in [5.41, 5.74) is -1.38. The average molecular weight is 265 g/mol. The van der Waals surface area contributed by atoms with Gasteiger partial charge < -0.3 is 0 Å². The third-order valence-electron chi connectivity index (χ3n) is 2.38. The van der Waals surface area contributed by atoms with E-state index in [0.717, 1.165) is 0 Å². The van der Waals surface area contributed by atoms with Gasteiger partial charge in [0.25, 0.3) is 0 Å². The number of hydrogen-bond donors (Lipinski definition) is 0. The molecule has 0 aliphatic heterocycles. The fourth-order valence-corrected chi connectivity index (χ4v) is 1.81. The molecule has 0 N–H and O–H groups in total. The van der Waals surface area contributed by atoms with Gasteiger partial charge in [0.05, 0.1) is 11.4 Å². The highest BCUT2D eigenvalue weighted by molar-refractivity contribution is 6.34. The summed E-state index contributed by atoms with van der Waals surface area (Å²) in [4.78, 5) is 12.0. The first-order chi connectivity index (χ1) is 7.63. The van der Waals surface area contributed by atoms with Crippen LogP contribution < -0.4 is 0 Å². The maximum atomic E-state index is 12.3. The molecular formula is C12H12ClF3O. The normalized spacial score (nSPS) is 12.6. The standard InChI is InChI=1S/C12H12ClF3O/c1-11(2,7-12(14,15)16)10(17)8-5-3-4-6-9(8)13/h3-6H,7H2,1-2H3. The van der Waals surface area contributed by atoms with Gasteiger partial charge in [0.1, 0.15) is 0 Å². The Kier molecular flexibility index (Phi) is 3.87. The van der Waals surface area contributed by atoms with E-state index in [4.69, 9.17) is 11.6 Å². The smallest absolute Gasteiger partial charge is 0.294 e. The van der Waals surface area contributed by atoms with Crippen LogP contribution in [0, 0.1) is 5.41 Å². The second kappa shape index (κ2) is 4.69. The van der Waals surface area contributed by atoms with Crippen LogP contribution >= 0.6 is 11.6 Å². The fraction of sp³-hybridized carbons (Fsp3) is 0.417. The third kappa shape index (κ3) is 3.73. The Morgan fingerprint density at radius 3 is 2.24 bits per heavy atom. The fourth-order valence-electron chi connectivity index (χ4n) is 1.59. The van der Waals surface area contributed by atoms with E-state index in [2.05, 4.69) is 0 Å². The van der Waals surface area contributed by atoms with Crippen LogP contribution in [0.15, 0.2) is 24.3 Å². The average Bonchev–Trinajstić information content (AvgIpc) is 2.13. The molecule has 0 amide bonds. The number of Topliss-reactive ketones (excluding diaryl/α,β-unsaturated/α-hetero) is 1. The lowest BCUT2D eigenvalue weighted by molar-refractivity contribution is -0.149. The molecule has 0 heterocycles. The van der Waals surface area contributed by atoms with Crippen molar-refractivity contribution in [2.24, 2.45) is 5.41 Å². The zero-order valence-electron chi connectivity index (χ0n) is 9.44. The summed E-state index contributed by atoms with van der Waals surface area (Å²) in [5, 5.41) is 0.174. The Morgan fingerprint density at radius 1 is 1.24 bits per heavy atom. The predicted molar refractivity (Wildman–Crippen MR) is 60.2 cm³/mol. The number of alkyl halides is 3. The topological polar surface area (TPSA) is 17.1 Å². The first-order valence-electron chi connectivity index (χ1n) is 4.99. The molecule has 0 bridgehead atoms. The molecule has 1 nitrogen and oxygen atoms in total. The molecule has 0 radical (unpaired) electrons. The monoisotopic (exact) mass is 264 g/mol. The van der Waals surface area contributed by atoms with Gasteiger partial charge in [-0.1, -0.05) is 37.6 Å². The molecule has 5 heteroatoms. The first kappa shape index (κ1) is 14.0. The summed E-state index contributed by atoms with van der Waals surface area (Å²) in [6.45, 7) is 2.54. The summed E-state index contributed by atoms with van der Waals surface area (Å²) < 4.78 is 37.0. The Hall–Kier alpha value is -1.03. The van der Waals surface area contributed by atoms with Crippen molar-refractivity contribution < 1.29 is 18.0 Å². The van der Waals surface area contributed by atoms with Crippen molar-refractivity contribution in [3.8, 4) is 0 Å². The van der Waals surface area contributed by atoms with Crippen molar-refractivity contribution in [1.29, 1.82) is 0 Å². The largest absolute Gasteiger partial charge is 0.390 e. The van der Waals surface area contributed by atoms with Crippen molar-refractivity contribution in [3.05, 3.63) is 34.9 Å². The van der Waals surface area contributed by atoms with Crippen LogP contribution in [0.25, 0.3) is 0 Å². The molecule has 0 spiro atoms. The second-order valence-corrected chi connectivity index (χ2v) is 4.89. The number of ketones is 1. The highest BCUT2D eigenvalue weighted by atomic mass is 35.5. The molecule has 94 valence electrons. The van der Waals surface area contributed by atoms with Crippen LogP contribution in [0.3, 0.4) is 0 Å². The van der Waals surface area contributed by atoms with Gasteiger partial charge >= 0.3 is 6.18 Å². The van der Waals surface area contributed by atoms with Gasteiger partial charge in [0.15, 0.2) is 5.78 Å². The Bertz CT molecular complexity index is 424. The Balaban J connectivity index is 3.01. The number of benzene rings is 1. The molecule has 1 aromatic rings. The molecule has 0 aliphatic carbocycles. The lowest BCUT2D eigenvalue weighted by atomic mass is 9.81. The van der Waals surface area contributed by atoms with E-state index in [1.165, 1.54) is 26.0 Å². The molecule has 0 unspecified atom stereocenters. The van der Waals surface area contributed by atoms with Gasteiger partial charge in [0, 0.05) is 11.0 Å². The van der Waals surface area contributed by atoms with Gasteiger partial charge in [-0.15, -0.1) is 0 Å². The molecular weight excluding hydrogens is 253 g/mol. The van der Waals surface area contributed by atoms with Crippen LogP contribution in [-0.4, -0.2) is 12.0 Å². The van der Waals surface area contributed by atoms with E-state index in [1.807, 2.05) is 0 Å². The summed E-state index contributed by atoms with van der Waals surface area (Å²) in [6, 6.07) is 6.11. The highest BCUT2D eigenvalue weighted by Crippen LogP contribution is 2.36. The zero-order chi connectivity index (χ0) is 13.3. The summed E-state index contributed by atoms with van der Waals surface area (Å²) in [5.74, 6) is -0.597. The van der Waals surface area contributed by atoms with E-state index in [9.17, 15) is 18.0 Å². The van der Waals surface area contributed by atoms with Crippen LogP contribution in [0.5, 0.6) is 0 Å². The Morgan fingerprint density at radius 2 is 1.76 bits per heavy atom. The Labute approximate surface area is 103 Å². The predicted octanol–water partition coefficient (Wildman–Crippen LogP) is 4.50. The second-order valence-electron chi connectivity index (χ2n) is 4.48. The number of halogens is 4. The minimum Gasteiger partial charge on any atom is -0.294 e. The maximum Gasteiger partial charge on any atom is 0.390 e. The van der Waals surface area contributed by atoms with Crippen molar-refractivity contribution in [2.75, 3.05) is 0 Å². The molecule has 0 aliphatic rings. The van der Waals surface area contributed by atoms with Gasteiger partial charge in [-0.05, 0) is 12.1 Å². The van der Waals surface area contributed by atoms with E-state index in [-0.39, 0.29) is 10.6 Å². The van der Waals surface area contributed by atoms with Crippen LogP contribution in [0.1, 0.15) is 30.6 Å². The van der Waals surface area contributed by atoms with Crippen molar-refractivity contribution in [1.82, 2.24) is 0 Å². The van der Waals surface area contributed by atoms with Crippen molar-refractivity contribution in [3.63, 3.8) is 0 Å². The third-order valence-corrected chi connectivity index (χ3v) is 2.71. The summed E-state index contributed by atoms with van der Waals surface area (Å²) in [6.07, 6.45) is -5.54. The number of rotatable bonds is 3. The van der Waals surface area contributed by atoms with Crippen molar-refractivity contribution >= 4 is 17.4 Å². The molecule has 0 aromatic heterocycles. The quantitative estimate of drug-likeness (QED) is 0.735. The first-order valence-corrected chi connectivity index (χ1v) is 5.37. The number of carbonyl (C=O) groups excluding carboxylic acids is 1. The van der Waals surface area contributed by atoms with E-state index in [0.29, 0.717) is 0 Å². The van der Waals surface area contributed by atoms with Crippen molar-refractivity contribution in [2.45, 2.75) is 26.4 Å². The molecule has 1 aromatic carbocycles. The van der Waals surface area contributed by atoms with E-state index in [1.54, 1.807) is 12.1 Å². The highest BCUT2D eigenvalue weighted by Gasteiger charge is 2.41. The SMILES string of the molecule is CC(C)(CC(F)(F)F)C(=O)c1ccccc1Cl. The van der Waals surface area contributed by atoms with Crippen LogP contribution in [0.4, 0.5) is 13.2 Å². The van der Waals surface area contributed by atoms with E-state index < -0.39 is 23.8 Å². The number of carbonyl (C=O) groups is 1. The summed E-state index contributed by atoms with van der Waals surface area (Å²) >= 11 is 5.79. The number of hydrogen-bond acceptors (Lipinski definition) is 1. The maximum absolute atomic E-state index is 12.3. The lowest BCUT2D eigenvalue weighted by Crippen LogP contribution is -2.30. The zero-order valence-corrected chi connectivity index (χ0v) is 10.2. The summed E-state index contributed by atoms with van der Waals surface area (Å²) in [7, 11) is 0. The molecule has 17 heavy (non-hydrogen) atoms. The van der Waals surface area contributed by atoms with Gasteiger partial charge in [-0.25, -0.2) is 0 Å².